The number of hydrogen-bond acceptors (Lipinski definition) is 3. The van der Waals surface area contributed by atoms with Gasteiger partial charge in [-0.2, -0.15) is 0 Å². The second-order valence-electron chi connectivity index (χ2n) is 5.14. The Morgan fingerprint density at radius 3 is 2.86 bits per heavy atom. The minimum Gasteiger partial charge on any atom is -0.487 e. The Bertz CT molecular complexity index is 650. The monoisotopic (exact) mass is 306 g/mol. The SMILES string of the molecule is Nc1ccc(O[C@H]2CCN(c3cccc(F)c3)C2)c(Cl)c1. The van der Waals surface area contributed by atoms with E-state index in [1.54, 1.807) is 30.3 Å². The first-order chi connectivity index (χ1) is 10.1. The molecule has 0 unspecified atom stereocenters. The standard InChI is InChI=1S/C16H16ClFN2O/c17-15-9-12(19)4-5-16(15)21-14-6-7-20(10-14)13-3-1-2-11(18)8-13/h1-5,8-9,14H,6-7,10,19H2/t14-/m0/s1. The van der Waals surface area contributed by atoms with E-state index in [-0.39, 0.29) is 11.9 Å². The minimum atomic E-state index is -0.224. The highest BCUT2D eigenvalue weighted by molar-refractivity contribution is 6.32. The first kappa shape index (κ1) is 14.0. The van der Waals surface area contributed by atoms with Crippen molar-refractivity contribution >= 4 is 23.0 Å². The summed E-state index contributed by atoms with van der Waals surface area (Å²) in [6.45, 7) is 1.55. The van der Waals surface area contributed by atoms with Crippen molar-refractivity contribution in [3.63, 3.8) is 0 Å². The van der Waals surface area contributed by atoms with Crippen LogP contribution in [0.4, 0.5) is 15.8 Å². The molecule has 0 saturated carbocycles. The van der Waals surface area contributed by atoms with Crippen LogP contribution in [0, 0.1) is 5.82 Å². The van der Waals surface area contributed by atoms with Gasteiger partial charge >= 0.3 is 0 Å². The average Bonchev–Trinajstić information content (AvgIpc) is 2.91. The maximum Gasteiger partial charge on any atom is 0.138 e. The predicted octanol–water partition coefficient (Wildman–Crippen LogP) is 3.72. The van der Waals surface area contributed by atoms with E-state index in [0.29, 0.717) is 23.0 Å². The molecule has 1 saturated heterocycles. The van der Waals surface area contributed by atoms with E-state index in [4.69, 9.17) is 22.1 Å². The lowest BCUT2D eigenvalue weighted by molar-refractivity contribution is 0.225. The molecule has 0 radical (unpaired) electrons. The molecule has 2 aromatic carbocycles. The van der Waals surface area contributed by atoms with E-state index in [9.17, 15) is 4.39 Å². The molecule has 1 fully saturated rings. The third kappa shape index (κ3) is 3.22. The molecule has 2 aromatic rings. The van der Waals surface area contributed by atoms with Crippen molar-refractivity contribution < 1.29 is 9.13 Å². The van der Waals surface area contributed by atoms with E-state index < -0.39 is 0 Å². The summed E-state index contributed by atoms with van der Waals surface area (Å²) in [5, 5.41) is 0.513. The van der Waals surface area contributed by atoms with Gasteiger partial charge in [0.15, 0.2) is 0 Å². The molecule has 0 spiro atoms. The van der Waals surface area contributed by atoms with E-state index >= 15 is 0 Å². The molecular weight excluding hydrogens is 291 g/mol. The molecule has 3 rings (SSSR count). The molecule has 5 heteroatoms. The summed E-state index contributed by atoms with van der Waals surface area (Å²) < 4.78 is 19.2. The Labute approximate surface area is 128 Å². The van der Waals surface area contributed by atoms with Crippen LogP contribution in [0.25, 0.3) is 0 Å². The van der Waals surface area contributed by atoms with E-state index in [1.807, 2.05) is 6.07 Å². The molecule has 0 bridgehead atoms. The number of halogens is 2. The van der Waals surface area contributed by atoms with E-state index in [2.05, 4.69) is 4.90 Å². The van der Waals surface area contributed by atoms with Gasteiger partial charge in [-0.05, 0) is 36.4 Å². The lowest BCUT2D eigenvalue weighted by Crippen LogP contribution is -2.24. The quantitative estimate of drug-likeness (QED) is 0.878. The average molecular weight is 307 g/mol. The van der Waals surface area contributed by atoms with Gasteiger partial charge in [-0.15, -0.1) is 0 Å². The molecule has 1 aliphatic heterocycles. The van der Waals surface area contributed by atoms with Crippen LogP contribution in [-0.2, 0) is 0 Å². The van der Waals surface area contributed by atoms with Crippen molar-refractivity contribution in [1.82, 2.24) is 0 Å². The molecular formula is C16H16ClFN2O. The largest absolute Gasteiger partial charge is 0.487 e. The summed E-state index contributed by atoms with van der Waals surface area (Å²) in [4.78, 5) is 2.11. The molecule has 0 amide bonds. The van der Waals surface area contributed by atoms with Crippen LogP contribution in [0.15, 0.2) is 42.5 Å². The van der Waals surface area contributed by atoms with Crippen LogP contribution in [0.2, 0.25) is 5.02 Å². The number of hydrogen-bond donors (Lipinski definition) is 1. The molecule has 21 heavy (non-hydrogen) atoms. The zero-order valence-electron chi connectivity index (χ0n) is 11.4. The highest BCUT2D eigenvalue weighted by Crippen LogP contribution is 2.30. The molecule has 1 heterocycles. The van der Waals surface area contributed by atoms with Gasteiger partial charge in [-0.1, -0.05) is 17.7 Å². The summed E-state index contributed by atoms with van der Waals surface area (Å²) in [7, 11) is 0. The Morgan fingerprint density at radius 1 is 1.24 bits per heavy atom. The van der Waals surface area contributed by atoms with Crippen LogP contribution in [0.3, 0.4) is 0 Å². The number of nitrogens with two attached hydrogens (primary N) is 1. The third-order valence-electron chi connectivity index (χ3n) is 3.57. The number of ether oxygens (including phenoxy) is 1. The first-order valence-corrected chi connectivity index (χ1v) is 7.22. The highest BCUT2D eigenvalue weighted by atomic mass is 35.5. The maximum atomic E-state index is 13.3. The second-order valence-corrected chi connectivity index (χ2v) is 5.55. The molecule has 110 valence electrons. The second kappa shape index (κ2) is 5.82. The summed E-state index contributed by atoms with van der Waals surface area (Å²) in [5.74, 6) is 0.412. The van der Waals surface area contributed by atoms with Gasteiger partial charge in [0.1, 0.15) is 17.7 Å². The lowest BCUT2D eigenvalue weighted by Gasteiger charge is -2.19. The summed E-state index contributed by atoms with van der Waals surface area (Å²) in [6.07, 6.45) is 0.909. The number of rotatable bonds is 3. The van der Waals surface area contributed by atoms with Gasteiger partial charge in [-0.25, -0.2) is 4.39 Å². The Morgan fingerprint density at radius 2 is 2.10 bits per heavy atom. The molecule has 1 atom stereocenters. The number of nitrogens with zero attached hydrogens (tertiary/aromatic N) is 1. The molecule has 2 N–H and O–H groups in total. The predicted molar refractivity (Wildman–Crippen MR) is 83.5 cm³/mol. The first-order valence-electron chi connectivity index (χ1n) is 6.84. The van der Waals surface area contributed by atoms with Crippen LogP contribution < -0.4 is 15.4 Å². The van der Waals surface area contributed by atoms with Gasteiger partial charge in [0, 0.05) is 24.3 Å². The Balaban J connectivity index is 1.67. The highest BCUT2D eigenvalue weighted by Gasteiger charge is 2.25. The van der Waals surface area contributed by atoms with Crippen LogP contribution >= 0.6 is 11.6 Å². The Hall–Kier alpha value is -1.94. The van der Waals surface area contributed by atoms with Crippen LogP contribution in [0.1, 0.15) is 6.42 Å². The molecule has 0 aromatic heterocycles. The normalized spacial score (nSPS) is 18.0. The lowest BCUT2D eigenvalue weighted by atomic mass is 10.3. The van der Waals surface area contributed by atoms with Crippen molar-refractivity contribution in [2.24, 2.45) is 0 Å². The van der Waals surface area contributed by atoms with Gasteiger partial charge in [-0.3, -0.25) is 0 Å². The van der Waals surface area contributed by atoms with E-state index in [0.717, 1.165) is 18.7 Å². The van der Waals surface area contributed by atoms with Gasteiger partial charge in [0.2, 0.25) is 0 Å². The smallest absolute Gasteiger partial charge is 0.138 e. The summed E-state index contributed by atoms with van der Waals surface area (Å²) in [6, 6.07) is 11.8. The van der Waals surface area contributed by atoms with Gasteiger partial charge in [0.25, 0.3) is 0 Å². The fourth-order valence-corrected chi connectivity index (χ4v) is 2.76. The molecule has 1 aliphatic rings. The van der Waals surface area contributed by atoms with Gasteiger partial charge in [0.05, 0.1) is 11.6 Å². The topological polar surface area (TPSA) is 38.5 Å². The van der Waals surface area contributed by atoms with Crippen molar-refractivity contribution in [2.45, 2.75) is 12.5 Å². The number of anilines is 2. The fourth-order valence-electron chi connectivity index (χ4n) is 2.52. The molecule has 0 aliphatic carbocycles. The zero-order valence-corrected chi connectivity index (χ0v) is 12.2. The fraction of sp³-hybridized carbons (Fsp3) is 0.250. The summed E-state index contributed by atoms with van der Waals surface area (Å²) >= 11 is 6.11. The summed E-state index contributed by atoms with van der Waals surface area (Å²) in [5.41, 5.74) is 7.15. The van der Waals surface area contributed by atoms with Crippen LogP contribution in [0.5, 0.6) is 5.75 Å². The zero-order chi connectivity index (χ0) is 14.8. The van der Waals surface area contributed by atoms with E-state index in [1.165, 1.54) is 6.07 Å². The Kier molecular flexibility index (Phi) is 3.88. The van der Waals surface area contributed by atoms with Gasteiger partial charge < -0.3 is 15.4 Å². The number of benzene rings is 2. The van der Waals surface area contributed by atoms with Crippen molar-refractivity contribution in [1.29, 1.82) is 0 Å². The number of nitrogen functional groups attached to an aromatic ring is 1. The van der Waals surface area contributed by atoms with Crippen molar-refractivity contribution in [3.8, 4) is 5.75 Å². The van der Waals surface area contributed by atoms with Crippen molar-refractivity contribution in [3.05, 3.63) is 53.3 Å². The van der Waals surface area contributed by atoms with Crippen LogP contribution in [-0.4, -0.2) is 19.2 Å². The third-order valence-corrected chi connectivity index (χ3v) is 3.86. The minimum absolute atomic E-state index is 0.0365. The maximum absolute atomic E-state index is 13.3. The van der Waals surface area contributed by atoms with Crippen molar-refractivity contribution in [2.75, 3.05) is 23.7 Å². The molecule has 3 nitrogen and oxygen atoms in total.